The van der Waals surface area contributed by atoms with Crippen LogP contribution >= 0.6 is 0 Å². The Morgan fingerprint density at radius 2 is 2.62 bits per heavy atom. The summed E-state index contributed by atoms with van der Waals surface area (Å²) in [6.45, 7) is 0. The van der Waals surface area contributed by atoms with Crippen molar-refractivity contribution in [2.45, 2.75) is 6.42 Å². The highest BCUT2D eigenvalue weighted by Crippen LogP contribution is 1.95. The van der Waals surface area contributed by atoms with Crippen LogP contribution in [-0.2, 0) is 4.79 Å². The molecule has 1 N–H and O–H groups in total. The van der Waals surface area contributed by atoms with Crippen LogP contribution < -0.4 is 5.32 Å². The lowest BCUT2D eigenvalue weighted by Crippen LogP contribution is -2.07. The molecular weight excluding hydrogens is 102 g/mol. The van der Waals surface area contributed by atoms with Gasteiger partial charge in [-0.2, -0.15) is 0 Å². The Hall–Kier alpha value is -1.05. The maximum absolute atomic E-state index is 9.87. The third-order valence-electron chi connectivity index (χ3n) is 0.925. The zero-order chi connectivity index (χ0) is 5.82. The van der Waals surface area contributed by atoms with Gasteiger partial charge in [0.1, 0.15) is 0 Å². The third-order valence-corrected chi connectivity index (χ3v) is 0.925. The van der Waals surface area contributed by atoms with E-state index in [1.165, 1.54) is 0 Å². The summed E-state index contributed by atoms with van der Waals surface area (Å²) in [5.74, 6) is 0. The minimum atomic E-state index is 0.535. The highest BCUT2D eigenvalue weighted by molar-refractivity contribution is 5.73. The summed E-state index contributed by atoms with van der Waals surface area (Å²) in [5.41, 5.74) is 0.535. The molecule has 0 aliphatic carbocycles. The van der Waals surface area contributed by atoms with Crippen LogP contribution in [0.1, 0.15) is 6.42 Å². The minimum Gasteiger partial charge on any atom is -0.359 e. The fourth-order valence-electron chi connectivity index (χ4n) is 0.533. The van der Waals surface area contributed by atoms with Gasteiger partial charge < -0.3 is 5.32 Å². The van der Waals surface area contributed by atoms with E-state index in [0.29, 0.717) is 5.70 Å². The Balaban J connectivity index is 2.55. The van der Waals surface area contributed by atoms with Crippen molar-refractivity contribution in [2.75, 3.05) is 0 Å². The van der Waals surface area contributed by atoms with E-state index in [2.05, 4.69) is 5.32 Å². The zero-order valence-electron chi connectivity index (χ0n) is 4.35. The first kappa shape index (κ1) is 5.09. The monoisotopic (exact) mass is 108 g/mol. The van der Waals surface area contributed by atoms with E-state index in [4.69, 9.17) is 0 Å². The molecule has 0 atom stereocenters. The molecule has 1 heterocycles. The quantitative estimate of drug-likeness (QED) is 0.529. The molecule has 0 aromatic heterocycles. The van der Waals surface area contributed by atoms with Crippen molar-refractivity contribution in [3.05, 3.63) is 24.0 Å². The summed E-state index contributed by atoms with van der Waals surface area (Å²) in [6.07, 6.45) is 8.04. The van der Waals surface area contributed by atoms with Crippen molar-refractivity contribution < 1.29 is 4.79 Å². The Bertz CT molecular complexity index is 147. The summed E-state index contributed by atoms with van der Waals surface area (Å²) in [4.78, 5) is 9.87. The van der Waals surface area contributed by atoms with Crippen molar-refractivity contribution in [1.82, 2.24) is 5.32 Å². The van der Waals surface area contributed by atoms with Gasteiger partial charge in [0, 0.05) is 0 Å². The molecule has 0 spiro atoms. The van der Waals surface area contributed by atoms with E-state index in [1.807, 2.05) is 6.08 Å². The highest BCUT2D eigenvalue weighted by Gasteiger charge is 1.92. The molecule has 0 fully saturated rings. The van der Waals surface area contributed by atoms with Gasteiger partial charge in [0.15, 0.2) is 0 Å². The van der Waals surface area contributed by atoms with E-state index in [1.54, 1.807) is 18.6 Å². The average molecular weight is 108 g/mol. The molecule has 1 aliphatic rings. The summed E-state index contributed by atoms with van der Waals surface area (Å²) in [7, 11) is 0. The topological polar surface area (TPSA) is 29.1 Å². The number of dihydropyridines is 1. The molecule has 0 saturated carbocycles. The van der Waals surface area contributed by atoms with E-state index in [-0.39, 0.29) is 0 Å². The largest absolute Gasteiger partial charge is 0.359 e. The van der Waals surface area contributed by atoms with Gasteiger partial charge in [-0.15, -0.1) is 0 Å². The second-order valence-electron chi connectivity index (χ2n) is 1.50. The van der Waals surface area contributed by atoms with Gasteiger partial charge in [-0.25, -0.2) is 0 Å². The van der Waals surface area contributed by atoms with Crippen LogP contribution in [0, 0.1) is 0 Å². The molecule has 0 amide bonds. The number of nitrogens with one attached hydrogen (secondary N) is 1. The molecule has 0 unspecified atom stereocenters. The van der Waals surface area contributed by atoms with Crippen molar-refractivity contribution in [3.63, 3.8) is 0 Å². The summed E-state index contributed by atoms with van der Waals surface area (Å²) >= 11 is 0. The Morgan fingerprint density at radius 3 is 3.00 bits per heavy atom. The van der Waals surface area contributed by atoms with Crippen molar-refractivity contribution in [2.24, 2.45) is 0 Å². The van der Waals surface area contributed by atoms with Crippen molar-refractivity contribution >= 4 is 6.29 Å². The Labute approximate surface area is 47.9 Å². The number of carbonyl (C=O) groups excluding carboxylic acids is 1. The lowest BCUT2D eigenvalue weighted by Gasteiger charge is -2.00. The zero-order valence-corrected chi connectivity index (χ0v) is 4.35. The lowest BCUT2D eigenvalue weighted by molar-refractivity contribution is 0.559. The maximum atomic E-state index is 9.87. The summed E-state index contributed by atoms with van der Waals surface area (Å²) in [5, 5.41) is 2.73. The molecule has 0 aromatic carbocycles. The molecule has 8 heavy (non-hydrogen) atoms. The summed E-state index contributed by atoms with van der Waals surface area (Å²) in [6, 6.07) is 0. The fraction of sp³-hybridized carbons (Fsp3) is 0.167. The fourth-order valence-corrected chi connectivity index (χ4v) is 0.533. The molecule has 2 nitrogen and oxygen atoms in total. The van der Waals surface area contributed by atoms with Gasteiger partial charge in [-0.3, -0.25) is 4.79 Å². The van der Waals surface area contributed by atoms with Gasteiger partial charge >= 0.3 is 0 Å². The molecule has 0 saturated heterocycles. The second-order valence-corrected chi connectivity index (χ2v) is 1.50. The molecule has 1 aliphatic heterocycles. The minimum absolute atomic E-state index is 0.535. The normalized spacial score (nSPS) is 16.8. The van der Waals surface area contributed by atoms with Gasteiger partial charge in [-0.05, 0) is 12.6 Å². The SMILES string of the molecule is O=[C]C1=CCC=CN1. The summed E-state index contributed by atoms with van der Waals surface area (Å²) < 4.78 is 0. The van der Waals surface area contributed by atoms with Gasteiger partial charge in [0.2, 0.25) is 0 Å². The van der Waals surface area contributed by atoms with Crippen LogP contribution in [0.2, 0.25) is 0 Å². The number of rotatable bonds is 1. The molecule has 0 bridgehead atoms. The predicted molar refractivity (Wildman–Crippen MR) is 30.7 cm³/mol. The Kier molecular flexibility index (Phi) is 1.47. The molecule has 1 radical (unpaired) electrons. The smallest absolute Gasteiger partial charge is 0.250 e. The predicted octanol–water partition coefficient (Wildman–Crippen LogP) is 0.487. The number of hydrogen-bond donors (Lipinski definition) is 1. The number of hydrogen-bond acceptors (Lipinski definition) is 2. The van der Waals surface area contributed by atoms with Crippen LogP contribution in [0.4, 0.5) is 0 Å². The molecule has 41 valence electrons. The average Bonchev–Trinajstić information content (AvgIpc) is 1.90. The third kappa shape index (κ3) is 0.964. The van der Waals surface area contributed by atoms with Crippen molar-refractivity contribution in [3.8, 4) is 0 Å². The van der Waals surface area contributed by atoms with E-state index < -0.39 is 0 Å². The van der Waals surface area contributed by atoms with Crippen LogP contribution in [-0.4, -0.2) is 6.29 Å². The van der Waals surface area contributed by atoms with E-state index in [0.717, 1.165) is 6.42 Å². The second kappa shape index (κ2) is 2.31. The maximum Gasteiger partial charge on any atom is 0.250 e. The standard InChI is InChI=1S/C6H6NO/c8-5-6-3-1-2-4-7-6/h2-4,7H,1H2. The van der Waals surface area contributed by atoms with Crippen LogP contribution in [0.5, 0.6) is 0 Å². The van der Waals surface area contributed by atoms with Gasteiger partial charge in [0.05, 0.1) is 5.70 Å². The lowest BCUT2D eigenvalue weighted by atomic mass is 10.3. The first-order valence-corrected chi connectivity index (χ1v) is 2.43. The highest BCUT2D eigenvalue weighted by atomic mass is 16.1. The molecule has 0 aromatic rings. The van der Waals surface area contributed by atoms with Gasteiger partial charge in [-0.1, -0.05) is 12.2 Å². The van der Waals surface area contributed by atoms with Crippen LogP contribution in [0.3, 0.4) is 0 Å². The van der Waals surface area contributed by atoms with E-state index >= 15 is 0 Å². The molecule has 2 heteroatoms. The van der Waals surface area contributed by atoms with Gasteiger partial charge in [0.25, 0.3) is 6.29 Å². The first-order valence-electron chi connectivity index (χ1n) is 2.43. The van der Waals surface area contributed by atoms with E-state index in [9.17, 15) is 4.79 Å². The number of allylic oxidation sites excluding steroid dienone is 3. The first-order chi connectivity index (χ1) is 3.93. The van der Waals surface area contributed by atoms with Crippen LogP contribution in [0.15, 0.2) is 24.0 Å². The van der Waals surface area contributed by atoms with Crippen LogP contribution in [0.25, 0.3) is 0 Å². The Morgan fingerprint density at radius 1 is 1.75 bits per heavy atom. The van der Waals surface area contributed by atoms with Crippen molar-refractivity contribution in [1.29, 1.82) is 0 Å². The molecular formula is C6H6NO. The molecule has 1 rings (SSSR count).